The minimum Gasteiger partial charge on any atom is -0.352 e. The average Bonchev–Trinajstić information content (AvgIpc) is 2.95. The molecule has 3 aromatic rings. The van der Waals surface area contributed by atoms with Gasteiger partial charge in [-0.3, -0.25) is 0 Å². The van der Waals surface area contributed by atoms with E-state index in [-0.39, 0.29) is 5.82 Å². The first-order valence-electron chi connectivity index (χ1n) is 7.52. The van der Waals surface area contributed by atoms with Crippen molar-refractivity contribution in [2.45, 2.75) is 0 Å². The van der Waals surface area contributed by atoms with Gasteiger partial charge in [-0.15, -0.1) is 5.10 Å². The van der Waals surface area contributed by atoms with Crippen molar-refractivity contribution in [1.29, 1.82) is 0 Å². The maximum absolute atomic E-state index is 13.7. The van der Waals surface area contributed by atoms with E-state index in [0.29, 0.717) is 0 Å². The molecule has 1 saturated heterocycles. The van der Waals surface area contributed by atoms with Gasteiger partial charge >= 0.3 is 0 Å². The van der Waals surface area contributed by atoms with Gasteiger partial charge in [0.25, 0.3) is 0 Å². The van der Waals surface area contributed by atoms with Crippen LogP contribution in [-0.2, 0) is 0 Å². The SMILES string of the molecule is Fc1ccc2c(c1)c(N1CCNCC1)nn2-c1ccccc1. The van der Waals surface area contributed by atoms with E-state index in [1.54, 1.807) is 12.1 Å². The van der Waals surface area contributed by atoms with E-state index in [9.17, 15) is 4.39 Å². The van der Waals surface area contributed by atoms with Crippen LogP contribution in [0, 0.1) is 5.82 Å². The number of nitrogens with zero attached hydrogens (tertiary/aromatic N) is 3. The van der Waals surface area contributed by atoms with Crippen LogP contribution >= 0.6 is 0 Å². The highest BCUT2D eigenvalue weighted by atomic mass is 19.1. The van der Waals surface area contributed by atoms with Crippen molar-refractivity contribution >= 4 is 16.7 Å². The summed E-state index contributed by atoms with van der Waals surface area (Å²) in [7, 11) is 0. The summed E-state index contributed by atoms with van der Waals surface area (Å²) < 4.78 is 15.6. The Bertz CT molecular complexity index is 791. The molecule has 22 heavy (non-hydrogen) atoms. The van der Waals surface area contributed by atoms with Crippen molar-refractivity contribution in [2.75, 3.05) is 31.1 Å². The minimum absolute atomic E-state index is 0.225. The van der Waals surface area contributed by atoms with E-state index in [0.717, 1.165) is 48.6 Å². The van der Waals surface area contributed by atoms with Gasteiger partial charge in [-0.1, -0.05) is 18.2 Å². The second kappa shape index (κ2) is 5.42. The second-order valence-corrected chi connectivity index (χ2v) is 5.47. The number of piperazine rings is 1. The molecule has 0 saturated carbocycles. The van der Waals surface area contributed by atoms with Crippen LogP contribution in [0.3, 0.4) is 0 Å². The summed E-state index contributed by atoms with van der Waals surface area (Å²) in [5, 5.41) is 8.97. The Morgan fingerprint density at radius 1 is 1.00 bits per heavy atom. The molecule has 1 aliphatic heterocycles. The minimum atomic E-state index is -0.225. The molecule has 0 spiro atoms. The van der Waals surface area contributed by atoms with E-state index in [1.807, 2.05) is 35.0 Å². The predicted octanol–water partition coefficient (Wildman–Crippen LogP) is 2.57. The molecule has 1 N–H and O–H groups in total. The van der Waals surface area contributed by atoms with Gasteiger partial charge < -0.3 is 10.2 Å². The topological polar surface area (TPSA) is 33.1 Å². The van der Waals surface area contributed by atoms with Crippen LogP contribution in [0.15, 0.2) is 48.5 Å². The standard InChI is InChI=1S/C17H17FN4/c18-13-6-7-16-15(12-13)17(21-10-8-19-9-11-21)20-22(16)14-4-2-1-3-5-14/h1-7,12,19H,8-11H2. The lowest BCUT2D eigenvalue weighted by molar-refractivity contribution is 0.584. The van der Waals surface area contributed by atoms with Crippen LogP contribution in [0.25, 0.3) is 16.6 Å². The fraction of sp³-hybridized carbons (Fsp3) is 0.235. The summed E-state index contributed by atoms with van der Waals surface area (Å²) in [5.41, 5.74) is 1.92. The lowest BCUT2D eigenvalue weighted by Gasteiger charge is -2.27. The Balaban J connectivity index is 1.91. The third kappa shape index (κ3) is 2.23. The van der Waals surface area contributed by atoms with Crippen LogP contribution in [0.2, 0.25) is 0 Å². The third-order valence-electron chi connectivity index (χ3n) is 4.04. The summed E-state index contributed by atoms with van der Waals surface area (Å²) in [6.07, 6.45) is 0. The molecule has 0 bridgehead atoms. The average molecular weight is 296 g/mol. The quantitative estimate of drug-likeness (QED) is 0.789. The van der Waals surface area contributed by atoms with Crippen LogP contribution in [0.4, 0.5) is 10.2 Å². The number of hydrogen-bond acceptors (Lipinski definition) is 3. The molecule has 0 amide bonds. The number of benzene rings is 2. The highest BCUT2D eigenvalue weighted by Gasteiger charge is 2.19. The monoisotopic (exact) mass is 296 g/mol. The van der Waals surface area contributed by atoms with E-state index >= 15 is 0 Å². The maximum Gasteiger partial charge on any atom is 0.159 e. The molecule has 112 valence electrons. The van der Waals surface area contributed by atoms with Gasteiger partial charge in [0.1, 0.15) is 5.82 Å². The van der Waals surface area contributed by atoms with E-state index < -0.39 is 0 Å². The number of aromatic nitrogens is 2. The zero-order chi connectivity index (χ0) is 14.9. The Kier molecular flexibility index (Phi) is 3.27. The zero-order valence-corrected chi connectivity index (χ0v) is 12.2. The second-order valence-electron chi connectivity index (χ2n) is 5.47. The Morgan fingerprint density at radius 3 is 2.55 bits per heavy atom. The first kappa shape index (κ1) is 13.3. The maximum atomic E-state index is 13.7. The molecule has 4 nitrogen and oxygen atoms in total. The molecular weight excluding hydrogens is 279 g/mol. The van der Waals surface area contributed by atoms with Crippen molar-refractivity contribution in [1.82, 2.24) is 15.1 Å². The summed E-state index contributed by atoms with van der Waals surface area (Å²) in [4.78, 5) is 2.22. The molecule has 0 unspecified atom stereocenters. The van der Waals surface area contributed by atoms with Gasteiger partial charge in [-0.05, 0) is 30.3 Å². The first-order valence-corrected chi connectivity index (χ1v) is 7.52. The molecule has 1 aromatic heterocycles. The molecule has 2 heterocycles. The third-order valence-corrected chi connectivity index (χ3v) is 4.04. The van der Waals surface area contributed by atoms with Crippen LogP contribution in [-0.4, -0.2) is 36.0 Å². The van der Waals surface area contributed by atoms with Crippen molar-refractivity contribution in [2.24, 2.45) is 0 Å². The molecule has 1 aliphatic rings. The zero-order valence-electron chi connectivity index (χ0n) is 12.2. The molecule has 2 aromatic carbocycles. The molecular formula is C17H17FN4. The highest BCUT2D eigenvalue weighted by molar-refractivity contribution is 5.92. The smallest absolute Gasteiger partial charge is 0.159 e. The van der Waals surface area contributed by atoms with Crippen LogP contribution in [0.5, 0.6) is 0 Å². The van der Waals surface area contributed by atoms with Crippen LogP contribution < -0.4 is 10.2 Å². The Morgan fingerprint density at radius 2 is 1.77 bits per heavy atom. The van der Waals surface area contributed by atoms with Gasteiger partial charge in [0.2, 0.25) is 0 Å². The fourth-order valence-corrected chi connectivity index (χ4v) is 2.95. The summed E-state index contributed by atoms with van der Waals surface area (Å²) >= 11 is 0. The lowest BCUT2D eigenvalue weighted by atomic mass is 10.2. The summed E-state index contributed by atoms with van der Waals surface area (Å²) in [6.45, 7) is 3.62. The predicted molar refractivity (Wildman–Crippen MR) is 86.1 cm³/mol. The van der Waals surface area contributed by atoms with E-state index in [1.165, 1.54) is 6.07 Å². The van der Waals surface area contributed by atoms with E-state index in [2.05, 4.69) is 10.2 Å². The summed E-state index contributed by atoms with van der Waals surface area (Å²) in [6, 6.07) is 14.8. The van der Waals surface area contributed by atoms with Crippen molar-refractivity contribution < 1.29 is 4.39 Å². The van der Waals surface area contributed by atoms with Gasteiger partial charge in [-0.2, -0.15) is 0 Å². The molecule has 0 atom stereocenters. The fourth-order valence-electron chi connectivity index (χ4n) is 2.95. The number of fused-ring (bicyclic) bond motifs is 1. The molecule has 1 fully saturated rings. The number of nitrogens with one attached hydrogen (secondary N) is 1. The number of para-hydroxylation sites is 1. The van der Waals surface area contributed by atoms with Crippen molar-refractivity contribution in [3.8, 4) is 5.69 Å². The first-order chi connectivity index (χ1) is 10.8. The number of anilines is 1. The largest absolute Gasteiger partial charge is 0.352 e. The van der Waals surface area contributed by atoms with Crippen molar-refractivity contribution in [3.63, 3.8) is 0 Å². The van der Waals surface area contributed by atoms with E-state index in [4.69, 9.17) is 5.10 Å². The number of halogens is 1. The number of hydrogen-bond donors (Lipinski definition) is 1. The lowest BCUT2D eigenvalue weighted by Crippen LogP contribution is -2.43. The van der Waals surface area contributed by atoms with Gasteiger partial charge in [0.15, 0.2) is 5.82 Å². The normalized spacial score (nSPS) is 15.4. The summed E-state index contributed by atoms with van der Waals surface area (Å²) in [5.74, 6) is 0.636. The molecule has 0 aliphatic carbocycles. The van der Waals surface area contributed by atoms with Crippen LogP contribution in [0.1, 0.15) is 0 Å². The Hall–Kier alpha value is -2.40. The van der Waals surface area contributed by atoms with Gasteiger partial charge in [0.05, 0.1) is 11.2 Å². The van der Waals surface area contributed by atoms with Gasteiger partial charge in [0, 0.05) is 31.6 Å². The highest BCUT2D eigenvalue weighted by Crippen LogP contribution is 2.29. The molecule has 0 radical (unpaired) electrons. The Labute approximate surface area is 128 Å². The number of rotatable bonds is 2. The van der Waals surface area contributed by atoms with Crippen molar-refractivity contribution in [3.05, 3.63) is 54.3 Å². The van der Waals surface area contributed by atoms with Gasteiger partial charge in [-0.25, -0.2) is 9.07 Å². The molecule has 4 rings (SSSR count). The molecule has 5 heteroatoms.